The van der Waals surface area contributed by atoms with Crippen molar-refractivity contribution in [3.8, 4) is 0 Å². The minimum Gasteiger partial charge on any atom is -0.366 e. The Morgan fingerprint density at radius 2 is 1.77 bits per heavy atom. The first kappa shape index (κ1) is 22.3. The van der Waals surface area contributed by atoms with Gasteiger partial charge in [0, 0.05) is 30.8 Å². The first-order valence-corrected chi connectivity index (χ1v) is 10.5. The summed E-state index contributed by atoms with van der Waals surface area (Å²) < 4.78 is 0. The molecular weight excluding hydrogens is 396 g/mol. The number of nitrogens with zero attached hydrogens (tertiary/aromatic N) is 2. The summed E-state index contributed by atoms with van der Waals surface area (Å²) >= 11 is 0. The Morgan fingerprint density at radius 1 is 1.10 bits per heavy atom. The molecule has 0 bridgehead atoms. The highest BCUT2D eigenvalue weighted by Gasteiger charge is 2.25. The number of hydrogen-bond donors (Lipinski definition) is 2. The standard InChI is InChI=1S/C23H28N4O4/c1-15(2)24-23(29)18-6-4-5-7-19(18)25-22(28)17-8-9-20(21(14-17)27(30)31)26-12-10-16(3)11-13-26/h4-9,14-16H,10-13H2,1-3H3,(H,24,29)(H,25,28). The molecule has 8 heteroatoms. The number of hydrogen-bond acceptors (Lipinski definition) is 5. The third kappa shape index (κ3) is 5.39. The summed E-state index contributed by atoms with van der Waals surface area (Å²) in [5, 5.41) is 17.2. The van der Waals surface area contributed by atoms with Gasteiger partial charge in [0.1, 0.15) is 5.69 Å². The summed E-state index contributed by atoms with van der Waals surface area (Å²) in [7, 11) is 0. The third-order valence-electron chi connectivity index (χ3n) is 5.40. The van der Waals surface area contributed by atoms with Crippen LogP contribution in [-0.4, -0.2) is 35.9 Å². The zero-order valence-corrected chi connectivity index (χ0v) is 18.1. The minimum atomic E-state index is -0.508. The van der Waals surface area contributed by atoms with Crippen LogP contribution in [0.15, 0.2) is 42.5 Å². The summed E-state index contributed by atoms with van der Waals surface area (Å²) in [5.41, 5.74) is 1.29. The monoisotopic (exact) mass is 424 g/mol. The Kier molecular flexibility index (Phi) is 6.89. The average Bonchev–Trinajstić information content (AvgIpc) is 2.73. The molecule has 0 unspecified atom stereocenters. The summed E-state index contributed by atoms with van der Waals surface area (Å²) in [6.45, 7) is 7.39. The normalized spacial score (nSPS) is 14.4. The fourth-order valence-electron chi connectivity index (χ4n) is 3.65. The van der Waals surface area contributed by atoms with Gasteiger partial charge in [0.25, 0.3) is 17.5 Å². The maximum Gasteiger partial charge on any atom is 0.293 e. The van der Waals surface area contributed by atoms with Crippen LogP contribution in [0.5, 0.6) is 0 Å². The van der Waals surface area contributed by atoms with Crippen molar-refractivity contribution in [1.29, 1.82) is 0 Å². The molecule has 3 rings (SSSR count). The lowest BCUT2D eigenvalue weighted by Crippen LogP contribution is -2.33. The van der Waals surface area contributed by atoms with E-state index in [2.05, 4.69) is 17.6 Å². The van der Waals surface area contributed by atoms with Crippen LogP contribution in [0.2, 0.25) is 0 Å². The summed E-state index contributed by atoms with van der Waals surface area (Å²) in [6, 6.07) is 11.2. The van der Waals surface area contributed by atoms with Crippen LogP contribution in [0.3, 0.4) is 0 Å². The van der Waals surface area contributed by atoms with Crippen molar-refractivity contribution in [2.24, 2.45) is 5.92 Å². The molecule has 1 aliphatic rings. The average molecular weight is 425 g/mol. The first-order chi connectivity index (χ1) is 14.8. The van der Waals surface area contributed by atoms with E-state index in [4.69, 9.17) is 0 Å². The number of anilines is 2. The van der Waals surface area contributed by atoms with E-state index in [1.807, 2.05) is 18.7 Å². The van der Waals surface area contributed by atoms with E-state index >= 15 is 0 Å². The van der Waals surface area contributed by atoms with Gasteiger partial charge in [0.05, 0.1) is 16.2 Å². The van der Waals surface area contributed by atoms with Crippen molar-refractivity contribution >= 4 is 28.9 Å². The molecule has 2 N–H and O–H groups in total. The van der Waals surface area contributed by atoms with Gasteiger partial charge in [-0.15, -0.1) is 0 Å². The van der Waals surface area contributed by atoms with Gasteiger partial charge in [-0.2, -0.15) is 0 Å². The van der Waals surface area contributed by atoms with Gasteiger partial charge in [0.15, 0.2) is 0 Å². The van der Waals surface area contributed by atoms with E-state index in [9.17, 15) is 19.7 Å². The zero-order chi connectivity index (χ0) is 22.5. The Hall–Kier alpha value is -3.42. The van der Waals surface area contributed by atoms with Crippen molar-refractivity contribution in [1.82, 2.24) is 5.32 Å². The minimum absolute atomic E-state index is 0.0516. The molecule has 0 radical (unpaired) electrons. The third-order valence-corrected chi connectivity index (χ3v) is 5.40. The van der Waals surface area contributed by atoms with Crippen molar-refractivity contribution in [2.75, 3.05) is 23.3 Å². The van der Waals surface area contributed by atoms with Gasteiger partial charge >= 0.3 is 0 Å². The molecule has 0 saturated carbocycles. The predicted molar refractivity (Wildman–Crippen MR) is 121 cm³/mol. The SMILES string of the molecule is CC1CCN(c2ccc(C(=O)Nc3ccccc3C(=O)NC(C)C)cc2[N+](=O)[O-])CC1. The Labute approximate surface area is 181 Å². The van der Waals surface area contributed by atoms with Gasteiger partial charge in [-0.1, -0.05) is 19.1 Å². The molecule has 2 aromatic rings. The zero-order valence-electron chi connectivity index (χ0n) is 18.1. The predicted octanol–water partition coefficient (Wildman–Crippen LogP) is 4.22. The van der Waals surface area contributed by atoms with Crippen LogP contribution in [0.4, 0.5) is 17.1 Å². The molecule has 1 saturated heterocycles. The number of nitrogens with one attached hydrogen (secondary N) is 2. The number of nitro groups is 1. The first-order valence-electron chi connectivity index (χ1n) is 10.5. The van der Waals surface area contributed by atoms with Crippen molar-refractivity contribution < 1.29 is 14.5 Å². The van der Waals surface area contributed by atoms with E-state index in [1.165, 1.54) is 6.07 Å². The number of benzene rings is 2. The summed E-state index contributed by atoms with van der Waals surface area (Å²) in [6.07, 6.45) is 1.96. The van der Waals surface area contributed by atoms with Crippen molar-refractivity contribution in [2.45, 2.75) is 39.7 Å². The molecule has 0 atom stereocenters. The van der Waals surface area contributed by atoms with E-state index in [1.54, 1.807) is 36.4 Å². The molecule has 164 valence electrons. The summed E-state index contributed by atoms with van der Waals surface area (Å²) in [5.74, 6) is -0.202. The van der Waals surface area contributed by atoms with Gasteiger partial charge in [0.2, 0.25) is 0 Å². The highest BCUT2D eigenvalue weighted by molar-refractivity contribution is 6.09. The van der Waals surface area contributed by atoms with Crippen LogP contribution < -0.4 is 15.5 Å². The van der Waals surface area contributed by atoms with Crippen LogP contribution in [0, 0.1) is 16.0 Å². The molecule has 8 nitrogen and oxygen atoms in total. The molecule has 1 heterocycles. The largest absolute Gasteiger partial charge is 0.366 e. The highest BCUT2D eigenvalue weighted by Crippen LogP contribution is 2.32. The second kappa shape index (κ2) is 9.59. The number of nitro benzene ring substituents is 1. The van der Waals surface area contributed by atoms with Gasteiger partial charge in [-0.05, 0) is 56.9 Å². The van der Waals surface area contributed by atoms with Gasteiger partial charge < -0.3 is 15.5 Å². The lowest BCUT2D eigenvalue weighted by atomic mass is 9.98. The number of amides is 2. The number of para-hydroxylation sites is 1. The van der Waals surface area contributed by atoms with Crippen LogP contribution in [-0.2, 0) is 0 Å². The number of carbonyl (C=O) groups is 2. The fraction of sp³-hybridized carbons (Fsp3) is 0.391. The molecule has 0 spiro atoms. The maximum absolute atomic E-state index is 12.8. The molecule has 0 aliphatic carbocycles. The second-order valence-corrected chi connectivity index (χ2v) is 8.26. The smallest absolute Gasteiger partial charge is 0.293 e. The number of carbonyl (C=O) groups excluding carboxylic acids is 2. The Balaban J connectivity index is 1.84. The van der Waals surface area contributed by atoms with Crippen LogP contribution in [0.25, 0.3) is 0 Å². The molecular formula is C23H28N4O4. The lowest BCUT2D eigenvalue weighted by Gasteiger charge is -2.31. The molecule has 1 aliphatic heterocycles. The molecule has 31 heavy (non-hydrogen) atoms. The van der Waals surface area contributed by atoms with Crippen molar-refractivity contribution in [3.05, 3.63) is 63.7 Å². The van der Waals surface area contributed by atoms with E-state index in [0.29, 0.717) is 22.9 Å². The highest BCUT2D eigenvalue weighted by atomic mass is 16.6. The maximum atomic E-state index is 12.8. The van der Waals surface area contributed by atoms with Gasteiger partial charge in [-0.3, -0.25) is 19.7 Å². The molecule has 2 amide bonds. The van der Waals surface area contributed by atoms with E-state index in [0.717, 1.165) is 25.9 Å². The number of piperidine rings is 1. The molecule has 2 aromatic carbocycles. The second-order valence-electron chi connectivity index (χ2n) is 8.26. The topological polar surface area (TPSA) is 105 Å². The fourth-order valence-corrected chi connectivity index (χ4v) is 3.65. The Morgan fingerprint density at radius 3 is 2.42 bits per heavy atom. The molecule has 1 fully saturated rings. The van der Waals surface area contributed by atoms with Crippen LogP contribution >= 0.6 is 0 Å². The van der Waals surface area contributed by atoms with Crippen molar-refractivity contribution in [3.63, 3.8) is 0 Å². The quantitative estimate of drug-likeness (QED) is 0.534. The number of rotatable bonds is 6. The summed E-state index contributed by atoms with van der Waals surface area (Å²) in [4.78, 5) is 38.5. The van der Waals surface area contributed by atoms with E-state index < -0.39 is 10.8 Å². The lowest BCUT2D eigenvalue weighted by molar-refractivity contribution is -0.384. The molecule has 0 aromatic heterocycles. The van der Waals surface area contributed by atoms with Gasteiger partial charge in [-0.25, -0.2) is 0 Å². The van der Waals surface area contributed by atoms with Crippen LogP contribution in [0.1, 0.15) is 54.3 Å². The van der Waals surface area contributed by atoms with E-state index in [-0.39, 0.29) is 23.2 Å². The Bertz CT molecular complexity index is 981.